The molecule has 1 amide bonds. The summed E-state index contributed by atoms with van der Waals surface area (Å²) in [6.07, 6.45) is 4.00. The maximum absolute atomic E-state index is 12.2. The number of furan rings is 1. The Morgan fingerprint density at radius 2 is 2.11 bits per heavy atom. The molecule has 1 aromatic carbocycles. The fourth-order valence-corrected chi connectivity index (χ4v) is 3.22. The number of halogens is 1. The van der Waals surface area contributed by atoms with E-state index in [1.165, 1.54) is 11.8 Å². The molecule has 1 aliphatic heterocycles. The van der Waals surface area contributed by atoms with E-state index >= 15 is 0 Å². The largest absolute Gasteiger partial charge is 0.459 e. The number of aliphatic imine (C=N–C) groups is 1. The Morgan fingerprint density at radius 1 is 1.26 bits per heavy atom. The molecule has 0 bridgehead atoms. The van der Waals surface area contributed by atoms with Crippen molar-refractivity contribution in [2.24, 2.45) is 4.99 Å². The molecule has 0 spiro atoms. The zero-order valence-corrected chi connectivity index (χ0v) is 15.7. The SMILES string of the molecule is CC(C)c1cnc2c(c1)CC(c1cc(NC(=O)c3ccco3)ccc1Cl)=N2. The van der Waals surface area contributed by atoms with Gasteiger partial charge in [-0.25, -0.2) is 9.98 Å². The van der Waals surface area contributed by atoms with Crippen molar-refractivity contribution < 1.29 is 9.21 Å². The summed E-state index contributed by atoms with van der Waals surface area (Å²) >= 11 is 6.40. The van der Waals surface area contributed by atoms with Crippen molar-refractivity contribution in [3.63, 3.8) is 0 Å². The standard InChI is InChI=1S/C21H18ClN3O2/c1-12(2)14-8-13-9-18(25-20(13)23-11-14)16-10-15(5-6-17(16)22)24-21(26)19-4-3-7-27-19/h3-8,10-12H,9H2,1-2H3,(H,24,26). The maximum atomic E-state index is 12.2. The maximum Gasteiger partial charge on any atom is 0.291 e. The van der Waals surface area contributed by atoms with E-state index in [-0.39, 0.29) is 11.7 Å². The summed E-state index contributed by atoms with van der Waals surface area (Å²) < 4.78 is 5.12. The summed E-state index contributed by atoms with van der Waals surface area (Å²) in [7, 11) is 0. The molecule has 0 atom stereocenters. The number of benzene rings is 1. The first-order valence-electron chi connectivity index (χ1n) is 8.72. The van der Waals surface area contributed by atoms with Crippen LogP contribution in [0.1, 0.15) is 47.0 Å². The third-order valence-corrected chi connectivity index (χ3v) is 4.84. The molecule has 4 rings (SSSR count). The third kappa shape index (κ3) is 3.51. The molecule has 0 radical (unpaired) electrons. The number of nitrogens with zero attached hydrogens (tertiary/aromatic N) is 2. The van der Waals surface area contributed by atoms with Gasteiger partial charge in [0.2, 0.25) is 0 Å². The number of hydrogen-bond donors (Lipinski definition) is 1. The number of pyridine rings is 1. The number of rotatable bonds is 4. The van der Waals surface area contributed by atoms with Crippen molar-refractivity contribution in [3.05, 3.63) is 76.3 Å². The lowest BCUT2D eigenvalue weighted by atomic mass is 10.00. The molecule has 6 heteroatoms. The minimum absolute atomic E-state index is 0.252. The number of amides is 1. The van der Waals surface area contributed by atoms with Crippen molar-refractivity contribution in [2.45, 2.75) is 26.2 Å². The summed E-state index contributed by atoms with van der Waals surface area (Å²) in [5.74, 6) is 1.08. The van der Waals surface area contributed by atoms with Crippen LogP contribution in [0.2, 0.25) is 5.02 Å². The van der Waals surface area contributed by atoms with Crippen LogP contribution in [0.4, 0.5) is 11.5 Å². The second-order valence-corrected chi connectivity index (χ2v) is 7.17. The Hall–Kier alpha value is -2.92. The van der Waals surface area contributed by atoms with Gasteiger partial charge >= 0.3 is 0 Å². The Labute approximate surface area is 162 Å². The van der Waals surface area contributed by atoms with E-state index < -0.39 is 0 Å². The first-order valence-corrected chi connectivity index (χ1v) is 9.10. The predicted molar refractivity (Wildman–Crippen MR) is 106 cm³/mol. The first kappa shape index (κ1) is 17.5. The topological polar surface area (TPSA) is 67.5 Å². The molecule has 27 heavy (non-hydrogen) atoms. The van der Waals surface area contributed by atoms with Gasteiger partial charge in [0.05, 0.1) is 12.0 Å². The molecule has 0 saturated heterocycles. The van der Waals surface area contributed by atoms with E-state index in [1.54, 1.807) is 24.3 Å². The Kier molecular flexibility index (Phi) is 4.54. The van der Waals surface area contributed by atoms with Gasteiger partial charge < -0.3 is 9.73 Å². The van der Waals surface area contributed by atoms with E-state index in [0.29, 0.717) is 23.0 Å². The highest BCUT2D eigenvalue weighted by molar-refractivity contribution is 6.34. The lowest BCUT2D eigenvalue weighted by Gasteiger charge is -2.09. The molecule has 0 aliphatic carbocycles. The van der Waals surface area contributed by atoms with Crippen molar-refractivity contribution >= 4 is 34.7 Å². The first-order chi connectivity index (χ1) is 13.0. The molecule has 5 nitrogen and oxygen atoms in total. The number of carbonyl (C=O) groups excluding carboxylic acids is 1. The van der Waals surface area contributed by atoms with Crippen molar-refractivity contribution in [1.29, 1.82) is 0 Å². The van der Waals surface area contributed by atoms with Gasteiger partial charge in [-0.1, -0.05) is 25.4 Å². The van der Waals surface area contributed by atoms with Gasteiger partial charge in [-0.05, 0) is 47.9 Å². The van der Waals surface area contributed by atoms with Gasteiger partial charge in [-0.3, -0.25) is 4.79 Å². The van der Waals surface area contributed by atoms with E-state index in [4.69, 9.17) is 16.0 Å². The van der Waals surface area contributed by atoms with Crippen LogP contribution in [-0.4, -0.2) is 16.6 Å². The smallest absolute Gasteiger partial charge is 0.291 e. The highest BCUT2D eigenvalue weighted by Gasteiger charge is 2.21. The van der Waals surface area contributed by atoms with Gasteiger partial charge in [0.1, 0.15) is 0 Å². The Bertz CT molecular complexity index is 1040. The average Bonchev–Trinajstić information content (AvgIpc) is 3.32. The highest BCUT2D eigenvalue weighted by Crippen LogP contribution is 2.32. The van der Waals surface area contributed by atoms with Crippen molar-refractivity contribution in [2.75, 3.05) is 5.32 Å². The van der Waals surface area contributed by atoms with E-state index in [2.05, 4.69) is 35.2 Å². The van der Waals surface area contributed by atoms with Gasteiger partial charge in [0.15, 0.2) is 11.6 Å². The van der Waals surface area contributed by atoms with Crippen LogP contribution in [0, 0.1) is 0 Å². The predicted octanol–water partition coefficient (Wildman–Crippen LogP) is 5.38. The average molecular weight is 380 g/mol. The van der Waals surface area contributed by atoms with Gasteiger partial charge in [0.25, 0.3) is 5.91 Å². The number of fused-ring (bicyclic) bond motifs is 1. The molecule has 136 valence electrons. The molecule has 0 unspecified atom stereocenters. The monoisotopic (exact) mass is 379 g/mol. The second kappa shape index (κ2) is 7.00. The third-order valence-electron chi connectivity index (χ3n) is 4.51. The molecule has 1 N–H and O–H groups in total. The zero-order chi connectivity index (χ0) is 19.0. The number of hydrogen-bond acceptors (Lipinski definition) is 4. The lowest BCUT2D eigenvalue weighted by Crippen LogP contribution is -2.11. The van der Waals surface area contributed by atoms with Crippen molar-refractivity contribution in [1.82, 2.24) is 4.98 Å². The van der Waals surface area contributed by atoms with Gasteiger partial charge in [-0.15, -0.1) is 0 Å². The second-order valence-electron chi connectivity index (χ2n) is 6.77. The molecular formula is C21H18ClN3O2. The Morgan fingerprint density at radius 3 is 2.85 bits per heavy atom. The fraction of sp³-hybridized carbons (Fsp3) is 0.190. The van der Waals surface area contributed by atoms with Crippen molar-refractivity contribution in [3.8, 4) is 0 Å². The minimum Gasteiger partial charge on any atom is -0.459 e. The number of aromatic nitrogens is 1. The molecular weight excluding hydrogens is 362 g/mol. The minimum atomic E-state index is -0.312. The quantitative estimate of drug-likeness (QED) is 0.661. The molecule has 2 aromatic heterocycles. The van der Waals surface area contributed by atoms with E-state index in [9.17, 15) is 4.79 Å². The summed E-state index contributed by atoms with van der Waals surface area (Å²) in [4.78, 5) is 21.3. The summed E-state index contributed by atoms with van der Waals surface area (Å²) in [6, 6.07) is 10.8. The highest BCUT2D eigenvalue weighted by atomic mass is 35.5. The summed E-state index contributed by atoms with van der Waals surface area (Å²) in [6.45, 7) is 4.28. The van der Waals surface area contributed by atoms with Crippen LogP contribution in [0.15, 0.2) is 58.3 Å². The van der Waals surface area contributed by atoms with Gasteiger partial charge in [0, 0.05) is 34.5 Å². The summed E-state index contributed by atoms with van der Waals surface area (Å²) in [5.41, 5.74) is 4.55. The summed E-state index contributed by atoms with van der Waals surface area (Å²) in [5, 5.41) is 3.40. The molecule has 3 heterocycles. The Balaban J connectivity index is 1.60. The van der Waals surface area contributed by atoms with Gasteiger partial charge in [-0.2, -0.15) is 0 Å². The van der Waals surface area contributed by atoms with Crippen LogP contribution in [0.5, 0.6) is 0 Å². The van der Waals surface area contributed by atoms with Crippen LogP contribution < -0.4 is 5.32 Å². The normalized spacial score (nSPS) is 12.8. The molecule has 1 aliphatic rings. The van der Waals surface area contributed by atoms with E-state index in [1.807, 2.05) is 12.3 Å². The molecule has 3 aromatic rings. The lowest BCUT2D eigenvalue weighted by molar-refractivity contribution is 0.0996. The zero-order valence-electron chi connectivity index (χ0n) is 15.0. The fourth-order valence-electron chi connectivity index (χ4n) is 3.00. The number of anilines is 1. The van der Waals surface area contributed by atoms with Crippen LogP contribution in [0.25, 0.3) is 0 Å². The molecule has 0 fully saturated rings. The number of carbonyl (C=O) groups is 1. The van der Waals surface area contributed by atoms with E-state index in [0.717, 1.165) is 22.7 Å². The molecule has 0 saturated carbocycles. The number of nitrogens with one attached hydrogen (secondary N) is 1. The van der Waals surface area contributed by atoms with Crippen LogP contribution in [-0.2, 0) is 6.42 Å². The van der Waals surface area contributed by atoms with Crippen LogP contribution >= 0.6 is 11.6 Å². The van der Waals surface area contributed by atoms with Crippen LogP contribution in [0.3, 0.4) is 0 Å².